The number of nitrogens with zero attached hydrogens (tertiary/aromatic N) is 3. The number of alkyl halides is 3. The van der Waals surface area contributed by atoms with E-state index in [2.05, 4.69) is 9.97 Å². The molecule has 80 valence electrons. The highest BCUT2D eigenvalue weighted by Crippen LogP contribution is 2.21. The number of hydrogen-bond acceptors (Lipinski definition) is 2. The fourth-order valence-corrected chi connectivity index (χ4v) is 1.40. The molecular formula is C9H8F3N3. The van der Waals surface area contributed by atoms with Crippen molar-refractivity contribution in [2.24, 2.45) is 0 Å². The van der Waals surface area contributed by atoms with Crippen LogP contribution in [0.3, 0.4) is 0 Å². The van der Waals surface area contributed by atoms with Gasteiger partial charge < -0.3 is 4.57 Å². The van der Waals surface area contributed by atoms with Gasteiger partial charge in [-0.2, -0.15) is 13.2 Å². The van der Waals surface area contributed by atoms with E-state index in [1.165, 1.54) is 6.20 Å². The van der Waals surface area contributed by atoms with Crippen molar-refractivity contribution >= 4 is 11.2 Å². The lowest BCUT2D eigenvalue weighted by molar-refractivity contribution is -0.140. The lowest BCUT2D eigenvalue weighted by atomic mass is 10.3. The minimum atomic E-state index is -4.25. The van der Waals surface area contributed by atoms with Crippen LogP contribution in [0.5, 0.6) is 0 Å². The summed E-state index contributed by atoms with van der Waals surface area (Å²) in [7, 11) is 0. The van der Waals surface area contributed by atoms with E-state index in [1.807, 2.05) is 0 Å². The van der Waals surface area contributed by atoms with Crippen molar-refractivity contribution in [3.05, 3.63) is 24.2 Å². The first-order valence-electron chi connectivity index (χ1n) is 4.30. The summed E-state index contributed by atoms with van der Waals surface area (Å²) in [5.41, 5.74) is 1.61. The van der Waals surface area contributed by atoms with Crippen molar-refractivity contribution in [3.63, 3.8) is 0 Å². The van der Waals surface area contributed by atoms with Gasteiger partial charge in [0.25, 0.3) is 0 Å². The molecule has 0 aromatic carbocycles. The van der Waals surface area contributed by atoms with Crippen LogP contribution in [0, 0.1) is 6.92 Å². The third kappa shape index (κ3) is 1.93. The number of hydrogen-bond donors (Lipinski definition) is 0. The molecule has 6 heteroatoms. The van der Waals surface area contributed by atoms with Gasteiger partial charge in [0.1, 0.15) is 12.1 Å². The third-order valence-corrected chi connectivity index (χ3v) is 2.05. The Hall–Kier alpha value is -1.59. The predicted molar refractivity (Wildman–Crippen MR) is 48.3 cm³/mol. The zero-order valence-electron chi connectivity index (χ0n) is 7.91. The van der Waals surface area contributed by atoms with Gasteiger partial charge in [-0.1, -0.05) is 0 Å². The highest BCUT2D eigenvalue weighted by Gasteiger charge is 2.28. The normalized spacial score (nSPS) is 12.3. The predicted octanol–water partition coefficient (Wildman–Crippen LogP) is 2.30. The molecule has 2 rings (SSSR count). The maximum Gasteiger partial charge on any atom is 0.406 e. The van der Waals surface area contributed by atoms with Gasteiger partial charge in [-0.3, -0.25) is 0 Å². The molecule has 0 N–H and O–H groups in total. The Balaban J connectivity index is 2.50. The Labute approximate surface area is 83.6 Å². The molecule has 15 heavy (non-hydrogen) atoms. The second-order valence-corrected chi connectivity index (χ2v) is 3.29. The molecule has 0 amide bonds. The van der Waals surface area contributed by atoms with Crippen molar-refractivity contribution in [3.8, 4) is 0 Å². The first-order valence-corrected chi connectivity index (χ1v) is 4.30. The maximum absolute atomic E-state index is 12.2. The van der Waals surface area contributed by atoms with E-state index in [4.69, 9.17) is 0 Å². The molecule has 0 aliphatic carbocycles. The van der Waals surface area contributed by atoms with Gasteiger partial charge >= 0.3 is 6.18 Å². The molecule has 0 radical (unpaired) electrons. The molecule has 0 bridgehead atoms. The standard InChI is InChI=1S/C9H8F3N3/c1-6-2-3-13-8-7(6)14-5-15(8)4-9(10,11)12/h2-3,5H,4H2,1H3. The van der Waals surface area contributed by atoms with E-state index < -0.39 is 12.7 Å². The molecule has 3 nitrogen and oxygen atoms in total. The summed E-state index contributed by atoms with van der Waals surface area (Å²) >= 11 is 0. The van der Waals surface area contributed by atoms with E-state index in [9.17, 15) is 13.2 Å². The molecule has 0 unspecified atom stereocenters. The number of aromatic nitrogens is 3. The van der Waals surface area contributed by atoms with E-state index in [0.717, 1.165) is 16.5 Å². The summed E-state index contributed by atoms with van der Waals surface area (Å²) in [5.74, 6) is 0. The fraction of sp³-hybridized carbons (Fsp3) is 0.333. The van der Waals surface area contributed by atoms with Crippen LogP contribution in [0.25, 0.3) is 11.2 Å². The zero-order chi connectivity index (χ0) is 11.1. The molecule has 2 aromatic heterocycles. The van der Waals surface area contributed by atoms with Crippen molar-refractivity contribution in [1.82, 2.24) is 14.5 Å². The van der Waals surface area contributed by atoms with Gasteiger partial charge in [0.15, 0.2) is 5.65 Å². The average Bonchev–Trinajstić information content (AvgIpc) is 2.48. The van der Waals surface area contributed by atoms with Crippen LogP contribution >= 0.6 is 0 Å². The molecular weight excluding hydrogens is 207 g/mol. The fourth-order valence-electron chi connectivity index (χ4n) is 1.40. The Kier molecular flexibility index (Phi) is 2.13. The highest BCUT2D eigenvalue weighted by molar-refractivity contribution is 5.74. The topological polar surface area (TPSA) is 30.7 Å². The zero-order valence-corrected chi connectivity index (χ0v) is 7.91. The van der Waals surface area contributed by atoms with E-state index >= 15 is 0 Å². The molecule has 0 saturated carbocycles. The SMILES string of the molecule is Cc1ccnc2c1ncn2CC(F)(F)F. The monoisotopic (exact) mass is 215 g/mol. The molecule has 0 aliphatic heterocycles. The van der Waals surface area contributed by atoms with Crippen LogP contribution in [0.4, 0.5) is 13.2 Å². The highest BCUT2D eigenvalue weighted by atomic mass is 19.4. The lowest BCUT2D eigenvalue weighted by Crippen LogP contribution is -2.17. The quantitative estimate of drug-likeness (QED) is 0.730. The van der Waals surface area contributed by atoms with Gasteiger partial charge in [0.2, 0.25) is 0 Å². The summed E-state index contributed by atoms with van der Waals surface area (Å²) in [5, 5.41) is 0. The molecule has 0 spiro atoms. The van der Waals surface area contributed by atoms with Crippen LogP contribution in [-0.2, 0) is 6.54 Å². The van der Waals surface area contributed by atoms with Gasteiger partial charge in [0.05, 0.1) is 6.33 Å². The number of pyridine rings is 1. The Morgan fingerprint density at radius 1 is 1.33 bits per heavy atom. The molecule has 2 aromatic rings. The van der Waals surface area contributed by atoms with Crippen molar-refractivity contribution in [2.75, 3.05) is 0 Å². The second-order valence-electron chi connectivity index (χ2n) is 3.29. The first kappa shape index (κ1) is 9.95. The minimum absolute atomic E-state index is 0.271. The lowest BCUT2D eigenvalue weighted by Gasteiger charge is -2.07. The molecule has 0 fully saturated rings. The number of imidazole rings is 1. The van der Waals surface area contributed by atoms with Gasteiger partial charge in [-0.05, 0) is 18.6 Å². The average molecular weight is 215 g/mol. The number of rotatable bonds is 1. The van der Waals surface area contributed by atoms with Crippen LogP contribution in [0.1, 0.15) is 5.56 Å². The summed E-state index contributed by atoms with van der Waals surface area (Å²) < 4.78 is 37.5. The third-order valence-electron chi connectivity index (χ3n) is 2.05. The molecule has 0 aliphatic rings. The minimum Gasteiger partial charge on any atom is -0.306 e. The van der Waals surface area contributed by atoms with Crippen LogP contribution < -0.4 is 0 Å². The largest absolute Gasteiger partial charge is 0.406 e. The van der Waals surface area contributed by atoms with Crippen molar-refractivity contribution < 1.29 is 13.2 Å². The number of fused-ring (bicyclic) bond motifs is 1. The molecule has 0 atom stereocenters. The van der Waals surface area contributed by atoms with Crippen LogP contribution in [-0.4, -0.2) is 20.7 Å². The van der Waals surface area contributed by atoms with E-state index in [1.54, 1.807) is 13.0 Å². The summed E-state index contributed by atoms with van der Waals surface area (Å²) in [6, 6.07) is 1.72. The summed E-state index contributed by atoms with van der Waals surface area (Å²) in [4.78, 5) is 7.79. The molecule has 0 saturated heterocycles. The summed E-state index contributed by atoms with van der Waals surface area (Å²) in [6.45, 7) is 0.731. The summed E-state index contributed by atoms with van der Waals surface area (Å²) in [6.07, 6.45) is -1.61. The van der Waals surface area contributed by atoms with Crippen molar-refractivity contribution in [1.29, 1.82) is 0 Å². The maximum atomic E-state index is 12.2. The van der Waals surface area contributed by atoms with Gasteiger partial charge in [0, 0.05) is 6.20 Å². The number of halogens is 3. The van der Waals surface area contributed by atoms with Crippen LogP contribution in [0.2, 0.25) is 0 Å². The van der Waals surface area contributed by atoms with Gasteiger partial charge in [-0.25, -0.2) is 9.97 Å². The second kappa shape index (κ2) is 3.22. The first-order chi connectivity index (χ1) is 6.97. The Morgan fingerprint density at radius 2 is 2.07 bits per heavy atom. The van der Waals surface area contributed by atoms with E-state index in [-0.39, 0.29) is 5.65 Å². The Bertz CT molecular complexity index is 487. The van der Waals surface area contributed by atoms with E-state index in [0.29, 0.717) is 5.52 Å². The molecule has 2 heterocycles. The Morgan fingerprint density at radius 3 is 2.73 bits per heavy atom. The number of aryl methyl sites for hydroxylation is 1. The van der Waals surface area contributed by atoms with Crippen LogP contribution in [0.15, 0.2) is 18.6 Å². The van der Waals surface area contributed by atoms with Crippen molar-refractivity contribution in [2.45, 2.75) is 19.6 Å². The smallest absolute Gasteiger partial charge is 0.306 e. The van der Waals surface area contributed by atoms with Gasteiger partial charge in [-0.15, -0.1) is 0 Å².